The molecule has 4 rings (SSSR count). The number of aryl methyl sites for hydroxylation is 1. The first kappa shape index (κ1) is 17.3. The first-order chi connectivity index (χ1) is 12.7. The number of hydrogen-bond donors (Lipinski definition) is 0. The number of benzene rings is 2. The molecule has 0 saturated carbocycles. The molecule has 2 aromatic carbocycles. The van der Waals surface area contributed by atoms with Crippen LogP contribution in [0.3, 0.4) is 0 Å². The Bertz CT molecular complexity index is 772. The van der Waals surface area contributed by atoms with E-state index in [-0.39, 0.29) is 5.92 Å². The maximum absolute atomic E-state index is 13.1. The molecule has 3 heteroatoms. The standard InChI is InChI=1S/C23H27NO2/c1-16-8-9-18(14-22(16)26-2)23(25)19-12-20-10-11-21(13-19)24(20)15-17-6-4-3-5-7-17/h3-9,14,19-21H,10-13,15H2,1-2H3. The molecule has 0 radical (unpaired) electrons. The lowest BCUT2D eigenvalue weighted by Crippen LogP contribution is -2.44. The molecule has 2 saturated heterocycles. The van der Waals surface area contributed by atoms with Gasteiger partial charge in [0, 0.05) is 30.1 Å². The fourth-order valence-electron chi connectivity index (χ4n) is 4.75. The molecule has 136 valence electrons. The average Bonchev–Trinajstić information content (AvgIpc) is 2.90. The second-order valence-electron chi connectivity index (χ2n) is 7.76. The van der Waals surface area contributed by atoms with Crippen LogP contribution in [0.5, 0.6) is 5.75 Å². The van der Waals surface area contributed by atoms with Gasteiger partial charge in [-0.05, 0) is 49.8 Å². The van der Waals surface area contributed by atoms with Crippen LogP contribution < -0.4 is 4.74 Å². The van der Waals surface area contributed by atoms with Crippen molar-refractivity contribution in [3.05, 3.63) is 65.2 Å². The molecular formula is C23H27NO2. The van der Waals surface area contributed by atoms with Crippen molar-refractivity contribution in [3.63, 3.8) is 0 Å². The molecule has 0 N–H and O–H groups in total. The summed E-state index contributed by atoms with van der Waals surface area (Å²) < 4.78 is 5.40. The average molecular weight is 349 g/mol. The number of Topliss-reactive ketones (excluding diaryl/α,β-unsaturated/α-hetero) is 1. The summed E-state index contributed by atoms with van der Waals surface area (Å²) >= 11 is 0. The number of carbonyl (C=O) groups excluding carboxylic acids is 1. The van der Waals surface area contributed by atoms with Crippen LogP contribution in [0.15, 0.2) is 48.5 Å². The maximum atomic E-state index is 13.1. The third kappa shape index (κ3) is 3.28. The highest BCUT2D eigenvalue weighted by Gasteiger charge is 2.42. The summed E-state index contributed by atoms with van der Waals surface area (Å²) in [5, 5.41) is 0. The number of fused-ring (bicyclic) bond motifs is 2. The van der Waals surface area contributed by atoms with Gasteiger partial charge in [-0.3, -0.25) is 9.69 Å². The monoisotopic (exact) mass is 349 g/mol. The minimum Gasteiger partial charge on any atom is -0.496 e. The van der Waals surface area contributed by atoms with E-state index in [1.165, 1.54) is 18.4 Å². The quantitative estimate of drug-likeness (QED) is 0.737. The smallest absolute Gasteiger partial charge is 0.166 e. The van der Waals surface area contributed by atoms with Crippen LogP contribution in [0, 0.1) is 12.8 Å². The molecule has 2 unspecified atom stereocenters. The van der Waals surface area contributed by atoms with Crippen molar-refractivity contribution in [1.82, 2.24) is 4.90 Å². The van der Waals surface area contributed by atoms with Crippen molar-refractivity contribution >= 4 is 5.78 Å². The van der Waals surface area contributed by atoms with Crippen LogP contribution in [0.2, 0.25) is 0 Å². The zero-order valence-electron chi connectivity index (χ0n) is 15.7. The summed E-state index contributed by atoms with van der Waals surface area (Å²) in [7, 11) is 1.67. The summed E-state index contributed by atoms with van der Waals surface area (Å²) in [6.07, 6.45) is 4.41. The largest absolute Gasteiger partial charge is 0.496 e. The summed E-state index contributed by atoms with van der Waals surface area (Å²) in [5.41, 5.74) is 3.24. The number of carbonyl (C=O) groups is 1. The fraction of sp³-hybridized carbons (Fsp3) is 0.435. The van der Waals surface area contributed by atoms with E-state index in [0.29, 0.717) is 17.9 Å². The molecule has 2 aromatic rings. The molecule has 2 fully saturated rings. The lowest BCUT2D eigenvalue weighted by Gasteiger charge is -2.38. The predicted molar refractivity (Wildman–Crippen MR) is 104 cm³/mol. The number of methoxy groups -OCH3 is 1. The normalized spacial score (nSPS) is 25.2. The fourth-order valence-corrected chi connectivity index (χ4v) is 4.75. The Balaban J connectivity index is 1.47. The zero-order chi connectivity index (χ0) is 18.1. The highest BCUT2D eigenvalue weighted by Crippen LogP contribution is 2.41. The third-order valence-electron chi connectivity index (χ3n) is 6.16. The van der Waals surface area contributed by atoms with E-state index in [0.717, 1.165) is 36.3 Å². The van der Waals surface area contributed by atoms with Crippen molar-refractivity contribution in [2.24, 2.45) is 5.92 Å². The Kier molecular flexibility index (Phi) is 4.82. The highest BCUT2D eigenvalue weighted by atomic mass is 16.5. The van der Waals surface area contributed by atoms with E-state index in [4.69, 9.17) is 4.74 Å². The molecule has 2 atom stereocenters. The summed E-state index contributed by atoms with van der Waals surface area (Å²) in [5.74, 6) is 1.24. The van der Waals surface area contributed by atoms with Crippen LogP contribution in [0.25, 0.3) is 0 Å². The zero-order valence-corrected chi connectivity index (χ0v) is 15.7. The molecule has 3 nitrogen and oxygen atoms in total. The predicted octanol–water partition coefficient (Wildman–Crippen LogP) is 4.63. The molecule has 0 amide bonds. The molecular weight excluding hydrogens is 322 g/mol. The van der Waals surface area contributed by atoms with Crippen LogP contribution >= 0.6 is 0 Å². The second-order valence-corrected chi connectivity index (χ2v) is 7.76. The van der Waals surface area contributed by atoms with Gasteiger partial charge in [0.15, 0.2) is 5.78 Å². The van der Waals surface area contributed by atoms with Gasteiger partial charge < -0.3 is 4.74 Å². The number of ketones is 1. The second kappa shape index (κ2) is 7.24. The van der Waals surface area contributed by atoms with E-state index < -0.39 is 0 Å². The number of hydrogen-bond acceptors (Lipinski definition) is 3. The van der Waals surface area contributed by atoms with Crippen LogP contribution in [-0.4, -0.2) is 29.9 Å². The Morgan fingerprint density at radius 2 is 1.77 bits per heavy atom. The first-order valence-electron chi connectivity index (χ1n) is 9.64. The lowest BCUT2D eigenvalue weighted by molar-refractivity contribution is 0.0678. The third-order valence-corrected chi connectivity index (χ3v) is 6.16. The van der Waals surface area contributed by atoms with Crippen LogP contribution in [0.4, 0.5) is 0 Å². The summed E-state index contributed by atoms with van der Waals surface area (Å²) in [4.78, 5) is 15.7. The molecule has 2 bridgehead atoms. The van der Waals surface area contributed by atoms with Gasteiger partial charge in [-0.1, -0.05) is 42.5 Å². The SMILES string of the molecule is COc1cc(C(=O)C2CC3CCC(C2)N3Cc2ccccc2)ccc1C. The Hall–Kier alpha value is -2.13. The molecule has 2 heterocycles. The topological polar surface area (TPSA) is 29.5 Å². The molecule has 2 aliphatic rings. The van der Waals surface area contributed by atoms with E-state index in [1.54, 1.807) is 7.11 Å². The van der Waals surface area contributed by atoms with Gasteiger partial charge in [0.05, 0.1) is 7.11 Å². The van der Waals surface area contributed by atoms with Crippen molar-refractivity contribution in [1.29, 1.82) is 0 Å². The first-order valence-corrected chi connectivity index (χ1v) is 9.64. The Labute approximate surface area is 156 Å². The minimum absolute atomic E-state index is 0.145. The van der Waals surface area contributed by atoms with E-state index in [1.807, 2.05) is 25.1 Å². The van der Waals surface area contributed by atoms with Gasteiger partial charge in [0.1, 0.15) is 5.75 Å². The van der Waals surface area contributed by atoms with Gasteiger partial charge in [0.25, 0.3) is 0 Å². The van der Waals surface area contributed by atoms with Crippen molar-refractivity contribution in [3.8, 4) is 5.75 Å². The van der Waals surface area contributed by atoms with Crippen molar-refractivity contribution in [2.45, 2.75) is 51.2 Å². The van der Waals surface area contributed by atoms with Gasteiger partial charge in [-0.15, -0.1) is 0 Å². The number of ether oxygens (including phenoxy) is 1. The van der Waals surface area contributed by atoms with Gasteiger partial charge in [0.2, 0.25) is 0 Å². The maximum Gasteiger partial charge on any atom is 0.166 e. The molecule has 26 heavy (non-hydrogen) atoms. The number of rotatable bonds is 5. The summed E-state index contributed by atoms with van der Waals surface area (Å²) in [6.45, 7) is 3.02. The van der Waals surface area contributed by atoms with Gasteiger partial charge >= 0.3 is 0 Å². The number of nitrogens with zero attached hydrogens (tertiary/aromatic N) is 1. The Morgan fingerprint density at radius 3 is 2.42 bits per heavy atom. The van der Waals surface area contributed by atoms with E-state index >= 15 is 0 Å². The Morgan fingerprint density at radius 1 is 1.08 bits per heavy atom. The highest BCUT2D eigenvalue weighted by molar-refractivity contribution is 5.98. The van der Waals surface area contributed by atoms with Crippen LogP contribution in [0.1, 0.15) is 47.2 Å². The van der Waals surface area contributed by atoms with Crippen LogP contribution in [-0.2, 0) is 6.54 Å². The van der Waals surface area contributed by atoms with Gasteiger partial charge in [-0.2, -0.15) is 0 Å². The van der Waals surface area contributed by atoms with E-state index in [2.05, 4.69) is 35.2 Å². The number of piperidine rings is 1. The van der Waals surface area contributed by atoms with E-state index in [9.17, 15) is 4.79 Å². The minimum atomic E-state index is 0.145. The van der Waals surface area contributed by atoms with Crippen molar-refractivity contribution < 1.29 is 9.53 Å². The molecule has 0 aromatic heterocycles. The van der Waals surface area contributed by atoms with Crippen molar-refractivity contribution in [2.75, 3.05) is 7.11 Å². The molecule has 0 aliphatic carbocycles. The molecule has 2 aliphatic heterocycles. The lowest BCUT2D eigenvalue weighted by atomic mass is 9.84. The van der Waals surface area contributed by atoms with Gasteiger partial charge in [-0.25, -0.2) is 0 Å². The summed E-state index contributed by atoms with van der Waals surface area (Å²) in [6, 6.07) is 17.6. The molecule has 0 spiro atoms.